The number of aliphatic imine (C=N–C) groups is 1. The molecule has 11 nitrogen and oxygen atoms in total. The van der Waals surface area contributed by atoms with Crippen LogP contribution in [0, 0.1) is 0 Å². The lowest BCUT2D eigenvalue weighted by Crippen LogP contribution is -2.47. The standard InChI is InChI=1S/C25H34N6O5/c1-15(13-35-14-16-6-7-20(34-5)19(26)10-16)30-12-18(23(32)29-24(33)36-25(2,3)4)22-28-11-17-8-9-27-21(17)31(22)30/h6-7,10-11,15,27H,8-9,12-14,26H2,1-5H3,(H,29,32,33). The number of alkyl carbamates (subject to hydrolysis) is 1. The fourth-order valence-corrected chi connectivity index (χ4v) is 4.25. The number of hydrogen-bond donors (Lipinski definition) is 3. The monoisotopic (exact) mass is 498 g/mol. The minimum absolute atomic E-state index is 0.105. The van der Waals surface area contributed by atoms with E-state index in [1.165, 1.54) is 0 Å². The van der Waals surface area contributed by atoms with Crippen molar-refractivity contribution in [1.29, 1.82) is 0 Å². The van der Waals surface area contributed by atoms with Crippen molar-refractivity contribution in [2.24, 2.45) is 4.99 Å². The third kappa shape index (κ3) is 5.47. The first-order valence-electron chi connectivity index (χ1n) is 11.9. The Balaban J connectivity index is 1.46. The SMILES string of the molecule is COc1ccc(COCC(C)N2CC(C(=O)NC(=O)OC(C)(C)C)=C3N=CC4=C(NCC4)N32)cc1N. The Bertz CT molecular complexity index is 1140. The molecule has 3 heterocycles. The topological polar surface area (TPSA) is 131 Å². The molecule has 0 saturated carbocycles. The number of nitrogen functional groups attached to an aromatic ring is 1. The molecule has 0 aromatic heterocycles. The molecule has 0 radical (unpaired) electrons. The predicted molar refractivity (Wildman–Crippen MR) is 135 cm³/mol. The van der Waals surface area contributed by atoms with Crippen molar-refractivity contribution in [2.75, 3.05) is 32.5 Å². The van der Waals surface area contributed by atoms with Gasteiger partial charge in [-0.2, -0.15) is 0 Å². The number of hydrazine groups is 1. The van der Waals surface area contributed by atoms with Gasteiger partial charge in [0.15, 0.2) is 5.82 Å². The maximum Gasteiger partial charge on any atom is 0.414 e. The molecule has 4 N–H and O–H groups in total. The van der Waals surface area contributed by atoms with Crippen molar-refractivity contribution in [1.82, 2.24) is 20.7 Å². The summed E-state index contributed by atoms with van der Waals surface area (Å²) in [6, 6.07) is 5.45. The van der Waals surface area contributed by atoms with Crippen LogP contribution in [0.4, 0.5) is 10.5 Å². The van der Waals surface area contributed by atoms with Crippen LogP contribution in [0.1, 0.15) is 39.7 Å². The average molecular weight is 499 g/mol. The minimum atomic E-state index is -0.792. The van der Waals surface area contributed by atoms with Crippen molar-refractivity contribution >= 4 is 23.9 Å². The van der Waals surface area contributed by atoms with Gasteiger partial charge in [0.1, 0.15) is 17.2 Å². The number of amides is 2. The van der Waals surface area contributed by atoms with Gasteiger partial charge in [0.05, 0.1) is 44.2 Å². The number of rotatable bonds is 7. The number of anilines is 1. The highest BCUT2D eigenvalue weighted by molar-refractivity contribution is 6.04. The molecule has 1 aromatic carbocycles. The number of ether oxygens (including phenoxy) is 3. The Hall–Kier alpha value is -3.57. The molecule has 0 saturated heterocycles. The Morgan fingerprint density at radius 3 is 2.78 bits per heavy atom. The number of carbonyl (C=O) groups excluding carboxylic acids is 2. The lowest BCUT2D eigenvalue weighted by molar-refractivity contribution is -0.117. The van der Waals surface area contributed by atoms with Gasteiger partial charge in [-0.1, -0.05) is 6.07 Å². The van der Waals surface area contributed by atoms with Gasteiger partial charge in [-0.15, -0.1) is 0 Å². The Labute approximate surface area is 210 Å². The number of nitrogens with two attached hydrogens (primary N) is 1. The lowest BCUT2D eigenvalue weighted by Gasteiger charge is -2.37. The normalized spacial score (nSPS) is 18.1. The molecule has 3 aliphatic heterocycles. The number of hydrogen-bond acceptors (Lipinski definition) is 10. The second-order valence-electron chi connectivity index (χ2n) is 9.92. The van der Waals surface area contributed by atoms with Crippen LogP contribution in [0.15, 0.2) is 46.0 Å². The van der Waals surface area contributed by atoms with Gasteiger partial charge in [0.25, 0.3) is 5.91 Å². The molecule has 0 fully saturated rings. The molecule has 1 aromatic rings. The Morgan fingerprint density at radius 1 is 1.31 bits per heavy atom. The van der Waals surface area contributed by atoms with Gasteiger partial charge in [-0.05, 0) is 51.8 Å². The summed E-state index contributed by atoms with van der Waals surface area (Å²) in [6.45, 7) is 9.06. The van der Waals surface area contributed by atoms with Crippen molar-refractivity contribution < 1.29 is 23.8 Å². The molecular formula is C25H34N6O5. The second-order valence-corrected chi connectivity index (χ2v) is 9.92. The molecule has 11 heteroatoms. The van der Waals surface area contributed by atoms with Gasteiger partial charge in [0.2, 0.25) is 0 Å². The quantitative estimate of drug-likeness (QED) is 0.485. The van der Waals surface area contributed by atoms with E-state index in [0.29, 0.717) is 36.0 Å². The number of methoxy groups -OCH3 is 1. The van der Waals surface area contributed by atoms with Crippen molar-refractivity contribution in [3.63, 3.8) is 0 Å². The average Bonchev–Trinajstić information content (AvgIpc) is 3.42. The summed E-state index contributed by atoms with van der Waals surface area (Å²) in [5.74, 6) is 1.47. The fourth-order valence-electron chi connectivity index (χ4n) is 4.25. The summed E-state index contributed by atoms with van der Waals surface area (Å²) in [7, 11) is 1.58. The molecule has 0 bridgehead atoms. The summed E-state index contributed by atoms with van der Waals surface area (Å²) in [4.78, 5) is 29.8. The Kier molecular flexibility index (Phi) is 7.23. The molecule has 0 spiro atoms. The van der Waals surface area contributed by atoms with Crippen LogP contribution < -0.4 is 21.1 Å². The fraction of sp³-hybridized carbons (Fsp3) is 0.480. The van der Waals surface area contributed by atoms with E-state index in [1.54, 1.807) is 34.1 Å². The van der Waals surface area contributed by atoms with Crippen molar-refractivity contribution in [2.45, 2.75) is 52.4 Å². The van der Waals surface area contributed by atoms with Gasteiger partial charge >= 0.3 is 6.09 Å². The van der Waals surface area contributed by atoms with Crippen LogP contribution in [0.2, 0.25) is 0 Å². The number of imide groups is 1. The zero-order chi connectivity index (χ0) is 26.0. The van der Waals surface area contributed by atoms with Gasteiger partial charge < -0.3 is 25.3 Å². The van der Waals surface area contributed by atoms with E-state index in [1.807, 2.05) is 35.1 Å². The van der Waals surface area contributed by atoms with Crippen LogP contribution in [-0.4, -0.2) is 66.7 Å². The van der Waals surface area contributed by atoms with Crippen LogP contribution >= 0.6 is 0 Å². The second kappa shape index (κ2) is 10.2. The third-order valence-corrected chi connectivity index (χ3v) is 5.91. The zero-order valence-electron chi connectivity index (χ0n) is 21.4. The van der Waals surface area contributed by atoms with E-state index in [0.717, 1.165) is 29.9 Å². The highest BCUT2D eigenvalue weighted by Crippen LogP contribution is 2.35. The molecule has 1 unspecified atom stereocenters. The van der Waals surface area contributed by atoms with E-state index in [9.17, 15) is 9.59 Å². The van der Waals surface area contributed by atoms with Gasteiger partial charge in [-0.3, -0.25) is 10.1 Å². The molecular weight excluding hydrogens is 464 g/mol. The van der Waals surface area contributed by atoms with E-state index < -0.39 is 17.6 Å². The third-order valence-electron chi connectivity index (χ3n) is 5.91. The maximum atomic E-state index is 13.1. The molecule has 1 atom stereocenters. The molecule has 3 aliphatic rings. The smallest absolute Gasteiger partial charge is 0.414 e. The predicted octanol–water partition coefficient (Wildman–Crippen LogP) is 2.27. The summed E-state index contributed by atoms with van der Waals surface area (Å²) >= 11 is 0. The summed E-state index contributed by atoms with van der Waals surface area (Å²) in [6.07, 6.45) is 1.83. The molecule has 36 heavy (non-hydrogen) atoms. The number of fused-ring (bicyclic) bond motifs is 2. The number of nitrogens with one attached hydrogen (secondary N) is 2. The van der Waals surface area contributed by atoms with Crippen LogP contribution in [0.5, 0.6) is 5.75 Å². The molecule has 2 amide bonds. The van der Waals surface area contributed by atoms with Gasteiger partial charge in [-0.25, -0.2) is 19.8 Å². The number of carbonyl (C=O) groups is 2. The van der Waals surface area contributed by atoms with E-state index in [4.69, 9.17) is 19.9 Å². The van der Waals surface area contributed by atoms with Crippen LogP contribution in [0.3, 0.4) is 0 Å². The molecule has 0 aliphatic carbocycles. The summed E-state index contributed by atoms with van der Waals surface area (Å²) < 4.78 is 16.4. The van der Waals surface area contributed by atoms with Crippen molar-refractivity contribution in [3.05, 3.63) is 46.6 Å². The molecule has 194 valence electrons. The summed E-state index contributed by atoms with van der Waals surface area (Å²) in [5.41, 5.74) is 8.22. The minimum Gasteiger partial charge on any atom is -0.495 e. The molecule has 4 rings (SSSR count). The van der Waals surface area contributed by atoms with E-state index >= 15 is 0 Å². The van der Waals surface area contributed by atoms with E-state index in [2.05, 4.69) is 15.6 Å². The first-order chi connectivity index (χ1) is 17.1. The van der Waals surface area contributed by atoms with E-state index in [-0.39, 0.29) is 12.6 Å². The van der Waals surface area contributed by atoms with Crippen LogP contribution in [-0.2, 0) is 20.9 Å². The highest BCUT2D eigenvalue weighted by atomic mass is 16.6. The first-order valence-corrected chi connectivity index (χ1v) is 11.9. The van der Waals surface area contributed by atoms with Crippen LogP contribution in [0.25, 0.3) is 0 Å². The lowest BCUT2D eigenvalue weighted by atomic mass is 10.2. The largest absolute Gasteiger partial charge is 0.495 e. The number of benzene rings is 1. The maximum absolute atomic E-state index is 13.1. The zero-order valence-corrected chi connectivity index (χ0v) is 21.4. The number of nitrogens with zero attached hydrogens (tertiary/aromatic N) is 3. The first kappa shape index (κ1) is 25.5. The van der Waals surface area contributed by atoms with Crippen molar-refractivity contribution in [3.8, 4) is 5.75 Å². The summed E-state index contributed by atoms with van der Waals surface area (Å²) in [5, 5.41) is 9.67. The highest BCUT2D eigenvalue weighted by Gasteiger charge is 2.41. The van der Waals surface area contributed by atoms with Gasteiger partial charge in [0, 0.05) is 18.3 Å². The Morgan fingerprint density at radius 2 is 2.08 bits per heavy atom.